The number of nitrogens with one attached hydrogen (secondary N) is 1. The minimum atomic E-state index is 0.681. The van der Waals surface area contributed by atoms with Crippen LogP contribution in [-0.4, -0.2) is 18.1 Å². The molecule has 4 heteroatoms. The number of aromatic nitrogens is 1. The molecule has 108 valence electrons. The van der Waals surface area contributed by atoms with E-state index in [1.54, 1.807) is 11.3 Å². The first-order valence-corrected chi connectivity index (χ1v) is 7.94. The van der Waals surface area contributed by atoms with Crippen LogP contribution in [-0.2, 0) is 13.0 Å². The molecule has 20 heavy (non-hydrogen) atoms. The quantitative estimate of drug-likeness (QED) is 0.755. The van der Waals surface area contributed by atoms with E-state index in [9.17, 15) is 0 Å². The molecular formula is C16H22N2OS. The van der Waals surface area contributed by atoms with Gasteiger partial charge in [-0.05, 0) is 31.5 Å². The highest BCUT2D eigenvalue weighted by molar-refractivity contribution is 7.11. The number of rotatable bonds is 8. The van der Waals surface area contributed by atoms with E-state index in [1.165, 1.54) is 10.4 Å². The molecule has 0 spiro atoms. The van der Waals surface area contributed by atoms with Crippen molar-refractivity contribution in [1.82, 2.24) is 10.3 Å². The average Bonchev–Trinajstić information content (AvgIpc) is 2.89. The van der Waals surface area contributed by atoms with Crippen LogP contribution in [0.15, 0.2) is 30.5 Å². The second kappa shape index (κ2) is 8.02. The Bertz CT molecular complexity index is 525. The summed E-state index contributed by atoms with van der Waals surface area (Å²) in [6, 6.07) is 8.11. The monoisotopic (exact) mass is 290 g/mol. The molecule has 1 N–H and O–H groups in total. The van der Waals surface area contributed by atoms with Gasteiger partial charge in [0, 0.05) is 24.0 Å². The molecule has 0 saturated heterocycles. The zero-order chi connectivity index (χ0) is 14.2. The molecule has 0 bridgehead atoms. The molecule has 2 aromatic rings. The van der Waals surface area contributed by atoms with Gasteiger partial charge in [-0.3, -0.25) is 0 Å². The van der Waals surface area contributed by atoms with Crippen LogP contribution in [0.5, 0.6) is 5.75 Å². The normalized spacial score (nSPS) is 10.7. The van der Waals surface area contributed by atoms with Gasteiger partial charge in [0.1, 0.15) is 5.75 Å². The molecule has 1 aromatic heterocycles. The van der Waals surface area contributed by atoms with Crippen LogP contribution in [0.4, 0.5) is 0 Å². The van der Waals surface area contributed by atoms with E-state index in [1.807, 2.05) is 24.4 Å². The minimum Gasteiger partial charge on any atom is -0.493 e. The predicted octanol–water partition coefficient (Wildman–Crippen LogP) is 3.57. The summed E-state index contributed by atoms with van der Waals surface area (Å²) in [5.41, 5.74) is 1.18. The summed E-state index contributed by atoms with van der Waals surface area (Å²) in [6.45, 7) is 6.90. The van der Waals surface area contributed by atoms with E-state index >= 15 is 0 Å². The van der Waals surface area contributed by atoms with E-state index in [0.717, 1.165) is 36.7 Å². The standard InChI is InChI=1S/C16H22N2OS/c1-3-9-17-11-14-12-18-16(20-14)8-10-19-15-7-5-4-6-13(15)2/h4-7,12,17H,3,8-11H2,1-2H3. The SMILES string of the molecule is CCCNCc1cnc(CCOc2ccccc2C)s1. The molecule has 1 aromatic carbocycles. The zero-order valence-electron chi connectivity index (χ0n) is 12.2. The number of para-hydroxylation sites is 1. The maximum absolute atomic E-state index is 5.80. The average molecular weight is 290 g/mol. The number of hydrogen-bond acceptors (Lipinski definition) is 4. The molecule has 0 fully saturated rings. The van der Waals surface area contributed by atoms with Gasteiger partial charge >= 0.3 is 0 Å². The van der Waals surface area contributed by atoms with Gasteiger partial charge in [-0.15, -0.1) is 11.3 Å². The van der Waals surface area contributed by atoms with Gasteiger partial charge in [-0.2, -0.15) is 0 Å². The summed E-state index contributed by atoms with van der Waals surface area (Å²) in [7, 11) is 0. The van der Waals surface area contributed by atoms with Crippen molar-refractivity contribution in [2.24, 2.45) is 0 Å². The number of ether oxygens (including phenoxy) is 1. The molecule has 0 aliphatic carbocycles. The van der Waals surface area contributed by atoms with Gasteiger partial charge in [0.25, 0.3) is 0 Å². The van der Waals surface area contributed by atoms with Crippen molar-refractivity contribution >= 4 is 11.3 Å². The predicted molar refractivity (Wildman–Crippen MR) is 84.5 cm³/mol. The van der Waals surface area contributed by atoms with Crippen LogP contribution >= 0.6 is 11.3 Å². The number of aryl methyl sites for hydroxylation is 1. The molecule has 0 aliphatic heterocycles. The second-order valence-corrected chi connectivity index (χ2v) is 5.96. The van der Waals surface area contributed by atoms with Gasteiger partial charge in [0.15, 0.2) is 0 Å². The first kappa shape index (κ1) is 15.0. The van der Waals surface area contributed by atoms with Crippen molar-refractivity contribution in [2.45, 2.75) is 33.2 Å². The molecule has 0 aliphatic rings. The van der Waals surface area contributed by atoms with Gasteiger partial charge in [0.05, 0.1) is 11.6 Å². The van der Waals surface area contributed by atoms with Crippen LogP contribution in [0.25, 0.3) is 0 Å². The third-order valence-corrected chi connectivity index (χ3v) is 4.05. The minimum absolute atomic E-state index is 0.681. The van der Waals surface area contributed by atoms with Gasteiger partial charge < -0.3 is 10.1 Å². The highest BCUT2D eigenvalue weighted by atomic mass is 32.1. The Morgan fingerprint density at radius 1 is 1.30 bits per heavy atom. The third-order valence-electron chi connectivity index (χ3n) is 2.99. The number of thiazole rings is 1. The second-order valence-electron chi connectivity index (χ2n) is 4.76. The van der Waals surface area contributed by atoms with Crippen LogP contribution < -0.4 is 10.1 Å². The topological polar surface area (TPSA) is 34.2 Å². The van der Waals surface area contributed by atoms with Crippen molar-refractivity contribution in [1.29, 1.82) is 0 Å². The fourth-order valence-electron chi connectivity index (χ4n) is 1.90. The van der Waals surface area contributed by atoms with Crippen LogP contribution in [0.1, 0.15) is 28.8 Å². The van der Waals surface area contributed by atoms with Crippen LogP contribution in [0.3, 0.4) is 0 Å². The van der Waals surface area contributed by atoms with Gasteiger partial charge in [0.2, 0.25) is 0 Å². The largest absolute Gasteiger partial charge is 0.493 e. The summed E-state index contributed by atoms with van der Waals surface area (Å²) in [5, 5.41) is 4.54. The summed E-state index contributed by atoms with van der Waals surface area (Å²) in [6.07, 6.45) is 4.00. The first-order chi connectivity index (χ1) is 9.79. The molecule has 1 heterocycles. The summed E-state index contributed by atoms with van der Waals surface area (Å²) in [5.74, 6) is 0.967. The van der Waals surface area contributed by atoms with E-state index < -0.39 is 0 Å². The first-order valence-electron chi connectivity index (χ1n) is 7.12. The summed E-state index contributed by atoms with van der Waals surface area (Å²) in [4.78, 5) is 5.74. The van der Waals surface area contributed by atoms with E-state index in [0.29, 0.717) is 6.61 Å². The van der Waals surface area contributed by atoms with Crippen molar-refractivity contribution < 1.29 is 4.74 Å². The molecule has 0 saturated carbocycles. The van der Waals surface area contributed by atoms with Crippen molar-refractivity contribution in [3.8, 4) is 5.75 Å². The Morgan fingerprint density at radius 2 is 2.15 bits per heavy atom. The molecule has 0 radical (unpaired) electrons. The van der Waals surface area contributed by atoms with Gasteiger partial charge in [-0.1, -0.05) is 25.1 Å². The Hall–Kier alpha value is -1.39. The third kappa shape index (κ3) is 4.62. The van der Waals surface area contributed by atoms with Crippen molar-refractivity contribution in [3.05, 3.63) is 45.9 Å². The Kier molecular flexibility index (Phi) is 6.02. The Balaban J connectivity index is 1.75. The lowest BCUT2D eigenvalue weighted by atomic mass is 10.2. The number of nitrogens with zero attached hydrogens (tertiary/aromatic N) is 1. The summed E-state index contributed by atoms with van der Waals surface area (Å²) < 4.78 is 5.80. The Morgan fingerprint density at radius 3 is 2.95 bits per heavy atom. The van der Waals surface area contributed by atoms with E-state index in [2.05, 4.69) is 30.2 Å². The maximum atomic E-state index is 5.80. The Labute approximate surface area is 125 Å². The highest BCUT2D eigenvalue weighted by Gasteiger charge is 2.03. The van der Waals surface area contributed by atoms with Gasteiger partial charge in [-0.25, -0.2) is 4.98 Å². The van der Waals surface area contributed by atoms with Crippen LogP contribution in [0, 0.1) is 6.92 Å². The molecule has 0 amide bonds. The lowest BCUT2D eigenvalue weighted by Crippen LogP contribution is -2.12. The van der Waals surface area contributed by atoms with Crippen molar-refractivity contribution in [3.63, 3.8) is 0 Å². The fourth-order valence-corrected chi connectivity index (χ4v) is 2.77. The fraction of sp³-hybridized carbons (Fsp3) is 0.438. The van der Waals surface area contributed by atoms with Crippen LogP contribution in [0.2, 0.25) is 0 Å². The summed E-state index contributed by atoms with van der Waals surface area (Å²) >= 11 is 1.77. The number of benzene rings is 1. The molecule has 0 atom stereocenters. The maximum Gasteiger partial charge on any atom is 0.122 e. The number of hydrogen-bond donors (Lipinski definition) is 1. The zero-order valence-corrected chi connectivity index (χ0v) is 13.0. The van der Waals surface area contributed by atoms with E-state index in [-0.39, 0.29) is 0 Å². The molecular weight excluding hydrogens is 268 g/mol. The molecule has 0 unspecified atom stereocenters. The van der Waals surface area contributed by atoms with Crippen molar-refractivity contribution in [2.75, 3.05) is 13.2 Å². The smallest absolute Gasteiger partial charge is 0.122 e. The lowest BCUT2D eigenvalue weighted by molar-refractivity contribution is 0.319. The van der Waals surface area contributed by atoms with E-state index in [4.69, 9.17) is 4.74 Å². The molecule has 2 rings (SSSR count). The highest BCUT2D eigenvalue weighted by Crippen LogP contribution is 2.17. The molecule has 3 nitrogen and oxygen atoms in total. The lowest BCUT2D eigenvalue weighted by Gasteiger charge is -2.07.